The minimum Gasteiger partial charge on any atom is -0.384 e. The second kappa shape index (κ2) is 6.91. The van der Waals surface area contributed by atoms with E-state index in [4.69, 9.17) is 0 Å². The van der Waals surface area contributed by atoms with E-state index in [1.54, 1.807) is 13.8 Å². The summed E-state index contributed by atoms with van der Waals surface area (Å²) in [5.74, 6) is -0.0105. The fourth-order valence-corrected chi connectivity index (χ4v) is 2.43. The molecule has 2 rings (SSSR count). The average molecular weight is 335 g/mol. The van der Waals surface area contributed by atoms with E-state index in [9.17, 15) is 14.7 Å². The van der Waals surface area contributed by atoms with Gasteiger partial charge in [-0.2, -0.15) is 0 Å². The first-order chi connectivity index (χ1) is 11.3. The summed E-state index contributed by atoms with van der Waals surface area (Å²) in [6, 6.07) is -0.526. The van der Waals surface area contributed by atoms with Crippen molar-refractivity contribution in [1.82, 2.24) is 19.9 Å². The molecule has 2 aromatic heterocycles. The van der Waals surface area contributed by atoms with Crippen molar-refractivity contribution in [3.63, 3.8) is 0 Å². The monoisotopic (exact) mass is 335 g/mol. The molecule has 0 spiro atoms. The number of carbonyl (C=O) groups excluding carboxylic acids is 1. The molecule has 0 fully saturated rings. The molecule has 0 aliphatic rings. The third kappa shape index (κ3) is 3.67. The number of nitrogens with one attached hydrogen (secondary N) is 1. The molecular weight excluding hydrogens is 314 g/mol. The zero-order chi connectivity index (χ0) is 17.9. The van der Waals surface area contributed by atoms with Crippen molar-refractivity contribution in [2.75, 3.05) is 5.32 Å². The normalized spacial score (nSPS) is 12.9. The zero-order valence-corrected chi connectivity index (χ0v) is 14.1. The molecule has 2 N–H and O–H groups in total. The van der Waals surface area contributed by atoms with Gasteiger partial charge in [-0.25, -0.2) is 9.61 Å². The first-order valence-corrected chi connectivity index (χ1v) is 7.61. The van der Waals surface area contributed by atoms with Crippen LogP contribution in [0.1, 0.15) is 51.5 Å². The molecular formula is C15H21N5O4. The first-order valence-electron chi connectivity index (χ1n) is 7.61. The molecule has 9 nitrogen and oxygen atoms in total. The highest BCUT2D eigenvalue weighted by atomic mass is 16.6. The summed E-state index contributed by atoms with van der Waals surface area (Å²) in [5.41, 5.74) is -0.969. The van der Waals surface area contributed by atoms with E-state index in [2.05, 4.69) is 25.2 Å². The number of rotatable bonds is 7. The molecule has 2 aromatic rings. The molecule has 0 amide bonds. The van der Waals surface area contributed by atoms with E-state index in [-0.39, 0.29) is 23.8 Å². The summed E-state index contributed by atoms with van der Waals surface area (Å²) in [6.45, 7) is 6.50. The maximum atomic E-state index is 12.5. The third-order valence-electron chi connectivity index (χ3n) is 3.62. The number of nitrogens with zero attached hydrogens (tertiary/aromatic N) is 4. The van der Waals surface area contributed by atoms with Crippen molar-refractivity contribution in [3.05, 3.63) is 34.1 Å². The predicted octanol–water partition coefficient (Wildman–Crippen LogP) is 1.01. The van der Waals surface area contributed by atoms with Crippen LogP contribution in [0.25, 0.3) is 0 Å². The van der Waals surface area contributed by atoms with Crippen LogP contribution in [0.4, 0.5) is 5.82 Å². The van der Waals surface area contributed by atoms with Crippen LogP contribution >= 0.6 is 0 Å². The molecule has 0 aliphatic carbocycles. The fourth-order valence-electron chi connectivity index (χ4n) is 2.43. The lowest BCUT2D eigenvalue weighted by Crippen LogP contribution is -2.30. The van der Waals surface area contributed by atoms with Crippen molar-refractivity contribution >= 4 is 11.6 Å². The summed E-state index contributed by atoms with van der Waals surface area (Å²) >= 11 is 0. The lowest BCUT2D eigenvalue weighted by Gasteiger charge is -2.16. The van der Waals surface area contributed by atoms with Crippen LogP contribution in [0.15, 0.2) is 21.8 Å². The molecule has 0 aliphatic heterocycles. The van der Waals surface area contributed by atoms with Gasteiger partial charge in [0.05, 0.1) is 12.6 Å². The highest BCUT2D eigenvalue weighted by Crippen LogP contribution is 2.20. The van der Waals surface area contributed by atoms with Crippen LogP contribution in [-0.2, 0) is 16.9 Å². The van der Waals surface area contributed by atoms with Crippen molar-refractivity contribution < 1.29 is 14.5 Å². The van der Waals surface area contributed by atoms with E-state index in [1.807, 2.05) is 6.92 Å². The Balaban J connectivity index is 2.25. The fraction of sp³-hybridized carbons (Fsp3) is 0.533. The second-order valence-corrected chi connectivity index (χ2v) is 6.00. The lowest BCUT2D eigenvalue weighted by atomic mass is 10.0. The minimum atomic E-state index is -1.22. The molecule has 130 valence electrons. The van der Waals surface area contributed by atoms with Crippen LogP contribution in [0.5, 0.6) is 0 Å². The van der Waals surface area contributed by atoms with Gasteiger partial charge in [0.1, 0.15) is 17.0 Å². The molecule has 0 radical (unpaired) electrons. The Morgan fingerprint density at radius 3 is 2.75 bits per heavy atom. The molecule has 0 saturated heterocycles. The maximum Gasteiger partial charge on any atom is 0.293 e. The predicted molar refractivity (Wildman–Crippen MR) is 85.4 cm³/mol. The average Bonchev–Trinajstić information content (AvgIpc) is 2.97. The summed E-state index contributed by atoms with van der Waals surface area (Å²) < 4.78 is 6.01. The number of anilines is 1. The van der Waals surface area contributed by atoms with E-state index < -0.39 is 17.2 Å². The Labute approximate surface area is 138 Å². The van der Waals surface area contributed by atoms with E-state index >= 15 is 0 Å². The van der Waals surface area contributed by atoms with Crippen LogP contribution in [0.2, 0.25) is 0 Å². The Morgan fingerprint density at radius 2 is 2.17 bits per heavy atom. The van der Waals surface area contributed by atoms with Gasteiger partial charge in [0, 0.05) is 12.4 Å². The van der Waals surface area contributed by atoms with Gasteiger partial charge in [0.25, 0.3) is 5.56 Å². The summed E-state index contributed by atoms with van der Waals surface area (Å²) in [4.78, 5) is 28.2. The van der Waals surface area contributed by atoms with Gasteiger partial charge in [0.2, 0.25) is 0 Å². The SMILES string of the molecule is CCC(C(C)=O)n1ccnc(NCc2nonc2C(C)(C)O)c1=O. The molecule has 1 unspecified atom stereocenters. The Bertz CT molecular complexity index is 775. The van der Waals surface area contributed by atoms with E-state index in [0.29, 0.717) is 12.1 Å². The molecule has 0 bridgehead atoms. The van der Waals surface area contributed by atoms with Crippen molar-refractivity contribution in [2.24, 2.45) is 0 Å². The topological polar surface area (TPSA) is 123 Å². The number of ketones is 1. The van der Waals surface area contributed by atoms with E-state index in [0.717, 1.165) is 0 Å². The molecule has 9 heteroatoms. The highest BCUT2D eigenvalue weighted by molar-refractivity contribution is 5.79. The Hall–Kier alpha value is -2.55. The van der Waals surface area contributed by atoms with Gasteiger partial charge in [0.15, 0.2) is 11.6 Å². The van der Waals surface area contributed by atoms with Gasteiger partial charge < -0.3 is 15.0 Å². The Morgan fingerprint density at radius 1 is 1.46 bits per heavy atom. The van der Waals surface area contributed by atoms with Gasteiger partial charge in [-0.05, 0) is 27.2 Å². The number of Topliss-reactive ketones (excluding diaryl/α,β-unsaturated/α-hetero) is 1. The largest absolute Gasteiger partial charge is 0.384 e. The lowest BCUT2D eigenvalue weighted by molar-refractivity contribution is -0.120. The number of carbonyl (C=O) groups is 1. The third-order valence-corrected chi connectivity index (χ3v) is 3.62. The van der Waals surface area contributed by atoms with Gasteiger partial charge >= 0.3 is 0 Å². The molecule has 0 saturated carbocycles. The standard InChI is InChI=1S/C15H21N5O4/c1-5-11(9(2)21)20-7-6-16-13(14(20)22)17-8-10-12(15(3,4)23)19-24-18-10/h6-7,11,23H,5,8H2,1-4H3,(H,16,17). The quantitative estimate of drug-likeness (QED) is 0.768. The minimum absolute atomic E-state index is 0.0851. The molecule has 2 heterocycles. The number of hydrogen-bond acceptors (Lipinski definition) is 8. The molecule has 0 aromatic carbocycles. The van der Waals surface area contributed by atoms with Crippen LogP contribution < -0.4 is 10.9 Å². The second-order valence-electron chi connectivity index (χ2n) is 6.00. The van der Waals surface area contributed by atoms with Gasteiger partial charge in [-0.1, -0.05) is 17.2 Å². The number of aromatic nitrogens is 4. The van der Waals surface area contributed by atoms with Crippen LogP contribution in [-0.4, -0.2) is 30.8 Å². The van der Waals surface area contributed by atoms with E-state index in [1.165, 1.54) is 23.9 Å². The van der Waals surface area contributed by atoms with Gasteiger partial charge in [-0.15, -0.1) is 0 Å². The van der Waals surface area contributed by atoms with Crippen LogP contribution in [0, 0.1) is 0 Å². The summed E-state index contributed by atoms with van der Waals surface area (Å²) in [6.07, 6.45) is 3.45. The smallest absolute Gasteiger partial charge is 0.293 e. The van der Waals surface area contributed by atoms with Crippen molar-refractivity contribution in [1.29, 1.82) is 0 Å². The number of hydrogen-bond donors (Lipinski definition) is 2. The molecule has 24 heavy (non-hydrogen) atoms. The molecule has 1 atom stereocenters. The summed E-state index contributed by atoms with van der Waals surface area (Å²) in [7, 11) is 0. The van der Waals surface area contributed by atoms with Crippen LogP contribution in [0.3, 0.4) is 0 Å². The maximum absolute atomic E-state index is 12.5. The first kappa shape index (κ1) is 17.8. The Kier molecular flexibility index (Phi) is 5.13. The van der Waals surface area contributed by atoms with Crippen molar-refractivity contribution in [2.45, 2.75) is 52.3 Å². The highest BCUT2D eigenvalue weighted by Gasteiger charge is 2.26. The van der Waals surface area contributed by atoms with Crippen molar-refractivity contribution in [3.8, 4) is 0 Å². The summed E-state index contributed by atoms with van der Waals surface area (Å²) in [5, 5.41) is 20.3. The zero-order valence-electron chi connectivity index (χ0n) is 14.1. The number of aliphatic hydroxyl groups is 1. The van der Waals surface area contributed by atoms with Gasteiger partial charge in [-0.3, -0.25) is 9.59 Å².